The number of benzene rings is 1. The molecule has 8 heteroatoms. The third-order valence-corrected chi connectivity index (χ3v) is 3.57. The van der Waals surface area contributed by atoms with Gasteiger partial charge in [-0.05, 0) is 18.2 Å². The maximum absolute atomic E-state index is 12.2. The highest BCUT2D eigenvalue weighted by molar-refractivity contribution is 5.98. The molecule has 0 unspecified atom stereocenters. The Balaban J connectivity index is 2.22. The van der Waals surface area contributed by atoms with Gasteiger partial charge in [-0.1, -0.05) is 13.8 Å². The summed E-state index contributed by atoms with van der Waals surface area (Å²) in [5, 5.41) is 12.3. The predicted octanol–water partition coefficient (Wildman–Crippen LogP) is 1.54. The second kappa shape index (κ2) is 5.73. The molecule has 0 radical (unpaired) electrons. The summed E-state index contributed by atoms with van der Waals surface area (Å²) in [6, 6.07) is 5.06. The number of nitrogens with one attached hydrogen (secondary N) is 1. The fourth-order valence-electron chi connectivity index (χ4n) is 2.23. The minimum Gasteiger partial charge on any atom is -0.477 e. The number of rotatable bonds is 3. The molecule has 3 rings (SSSR count). The average Bonchev–Trinajstić information content (AvgIpc) is 2.54. The molecule has 8 nitrogen and oxygen atoms in total. The summed E-state index contributed by atoms with van der Waals surface area (Å²) in [4.78, 5) is 43.3. The predicted molar refractivity (Wildman–Crippen MR) is 87.2 cm³/mol. The van der Waals surface area contributed by atoms with Gasteiger partial charge in [-0.15, -0.1) is 0 Å². The van der Waals surface area contributed by atoms with Crippen LogP contribution in [-0.4, -0.2) is 31.4 Å². The number of nitrogens with zero attached hydrogens (tertiary/aromatic N) is 3. The third-order valence-electron chi connectivity index (χ3n) is 3.57. The first-order chi connectivity index (χ1) is 11.4. The molecule has 0 aliphatic carbocycles. The number of aromatic nitrogens is 3. The molecule has 2 N–H and O–H groups in total. The normalized spacial score (nSPS) is 11.1. The van der Waals surface area contributed by atoms with Gasteiger partial charge in [0.25, 0.3) is 5.56 Å². The van der Waals surface area contributed by atoms with Crippen LogP contribution in [0.15, 0.2) is 35.5 Å². The summed E-state index contributed by atoms with van der Waals surface area (Å²) in [5.41, 5.74) is 0.257. The molecule has 0 saturated heterocycles. The molecule has 0 aliphatic heterocycles. The van der Waals surface area contributed by atoms with Crippen molar-refractivity contribution in [3.63, 3.8) is 0 Å². The summed E-state index contributed by atoms with van der Waals surface area (Å²) in [6.45, 7) is 3.56. The average molecular weight is 326 g/mol. The van der Waals surface area contributed by atoms with Crippen LogP contribution in [0.3, 0.4) is 0 Å². The number of hydrogen-bond donors (Lipinski definition) is 2. The van der Waals surface area contributed by atoms with Gasteiger partial charge in [0.2, 0.25) is 5.91 Å². The van der Waals surface area contributed by atoms with Crippen LogP contribution in [0.2, 0.25) is 0 Å². The Labute approximate surface area is 135 Å². The molecule has 1 amide bonds. The standard InChI is InChI=1S/C16H14N4O4/c1-8(2)14(21)19-9-3-4-12-10(5-9)13-17-6-11(16(23)24)15(22)20(13)7-18-12/h3-8H,1-2H3,(H,19,21)(H,23,24). The molecule has 0 aliphatic rings. The van der Waals surface area contributed by atoms with Crippen molar-refractivity contribution in [3.05, 3.63) is 46.6 Å². The van der Waals surface area contributed by atoms with E-state index in [0.717, 1.165) is 10.6 Å². The van der Waals surface area contributed by atoms with E-state index in [0.29, 0.717) is 16.6 Å². The van der Waals surface area contributed by atoms with Crippen LogP contribution < -0.4 is 10.9 Å². The number of carbonyl (C=O) groups excluding carboxylic acids is 1. The van der Waals surface area contributed by atoms with E-state index < -0.39 is 17.1 Å². The van der Waals surface area contributed by atoms with Gasteiger partial charge in [0.15, 0.2) is 0 Å². The number of hydrogen-bond acceptors (Lipinski definition) is 5. The topological polar surface area (TPSA) is 114 Å². The molecular weight excluding hydrogens is 312 g/mol. The molecule has 0 bridgehead atoms. The monoisotopic (exact) mass is 326 g/mol. The minimum absolute atomic E-state index is 0.138. The Morgan fingerprint density at radius 3 is 2.67 bits per heavy atom. The maximum atomic E-state index is 12.2. The second-order valence-corrected chi connectivity index (χ2v) is 5.60. The zero-order valence-corrected chi connectivity index (χ0v) is 13.0. The van der Waals surface area contributed by atoms with E-state index in [1.165, 1.54) is 6.33 Å². The van der Waals surface area contributed by atoms with Gasteiger partial charge < -0.3 is 10.4 Å². The molecule has 0 saturated carbocycles. The van der Waals surface area contributed by atoms with Crippen LogP contribution >= 0.6 is 0 Å². The van der Waals surface area contributed by atoms with Crippen molar-refractivity contribution in [2.45, 2.75) is 13.8 Å². The summed E-state index contributed by atoms with van der Waals surface area (Å²) < 4.78 is 1.08. The fraction of sp³-hybridized carbons (Fsp3) is 0.188. The molecule has 0 fully saturated rings. The van der Waals surface area contributed by atoms with Gasteiger partial charge in [0.05, 0.1) is 5.52 Å². The van der Waals surface area contributed by atoms with Gasteiger partial charge in [0.1, 0.15) is 17.5 Å². The zero-order valence-electron chi connectivity index (χ0n) is 13.0. The lowest BCUT2D eigenvalue weighted by molar-refractivity contribution is -0.118. The van der Waals surface area contributed by atoms with E-state index in [1.54, 1.807) is 32.0 Å². The molecular formula is C16H14N4O4. The van der Waals surface area contributed by atoms with Crippen molar-refractivity contribution in [1.82, 2.24) is 14.4 Å². The van der Waals surface area contributed by atoms with E-state index in [2.05, 4.69) is 15.3 Å². The molecule has 2 heterocycles. The van der Waals surface area contributed by atoms with Crippen LogP contribution in [0.4, 0.5) is 5.69 Å². The Kier molecular flexibility index (Phi) is 3.72. The van der Waals surface area contributed by atoms with E-state index in [4.69, 9.17) is 5.11 Å². The third kappa shape index (κ3) is 2.58. The molecule has 0 atom stereocenters. The number of aromatic carboxylic acids is 1. The highest BCUT2D eigenvalue weighted by Gasteiger charge is 2.14. The largest absolute Gasteiger partial charge is 0.477 e. The van der Waals surface area contributed by atoms with Gasteiger partial charge in [0, 0.05) is 23.2 Å². The number of carboxylic acid groups (broad SMARTS) is 1. The Hall–Kier alpha value is -3.29. The number of fused-ring (bicyclic) bond motifs is 3. The van der Waals surface area contributed by atoms with Crippen LogP contribution in [0.5, 0.6) is 0 Å². The van der Waals surface area contributed by atoms with Crippen molar-refractivity contribution in [3.8, 4) is 0 Å². The lowest BCUT2D eigenvalue weighted by Gasteiger charge is -2.09. The Morgan fingerprint density at radius 2 is 2.00 bits per heavy atom. The summed E-state index contributed by atoms with van der Waals surface area (Å²) in [6.07, 6.45) is 2.27. The fourth-order valence-corrected chi connectivity index (χ4v) is 2.23. The highest BCUT2D eigenvalue weighted by Crippen LogP contribution is 2.20. The molecule has 24 heavy (non-hydrogen) atoms. The van der Waals surface area contributed by atoms with Crippen LogP contribution in [-0.2, 0) is 4.79 Å². The van der Waals surface area contributed by atoms with E-state index in [1.807, 2.05) is 0 Å². The van der Waals surface area contributed by atoms with Crippen molar-refractivity contribution >= 4 is 34.1 Å². The maximum Gasteiger partial charge on any atom is 0.342 e. The van der Waals surface area contributed by atoms with E-state index >= 15 is 0 Å². The smallest absolute Gasteiger partial charge is 0.342 e. The van der Waals surface area contributed by atoms with Crippen molar-refractivity contribution in [2.75, 3.05) is 5.32 Å². The summed E-state index contributed by atoms with van der Waals surface area (Å²) in [5.74, 6) is -1.66. The van der Waals surface area contributed by atoms with Crippen LogP contribution in [0, 0.1) is 5.92 Å². The first-order valence-corrected chi connectivity index (χ1v) is 7.23. The number of anilines is 1. The Bertz CT molecular complexity index is 1040. The van der Waals surface area contributed by atoms with Gasteiger partial charge in [-0.3, -0.25) is 9.59 Å². The number of carbonyl (C=O) groups is 2. The Morgan fingerprint density at radius 1 is 1.25 bits per heavy atom. The van der Waals surface area contributed by atoms with Gasteiger partial charge >= 0.3 is 5.97 Å². The first kappa shape index (κ1) is 15.6. The molecule has 3 aromatic rings. The van der Waals surface area contributed by atoms with Crippen LogP contribution in [0.25, 0.3) is 16.6 Å². The highest BCUT2D eigenvalue weighted by atomic mass is 16.4. The van der Waals surface area contributed by atoms with E-state index in [-0.39, 0.29) is 17.5 Å². The molecule has 122 valence electrons. The lowest BCUT2D eigenvalue weighted by Crippen LogP contribution is -2.23. The molecule has 1 aromatic carbocycles. The minimum atomic E-state index is -1.35. The first-order valence-electron chi connectivity index (χ1n) is 7.23. The number of carboxylic acids is 1. The van der Waals surface area contributed by atoms with Gasteiger partial charge in [-0.25, -0.2) is 19.2 Å². The lowest BCUT2D eigenvalue weighted by atomic mass is 10.1. The van der Waals surface area contributed by atoms with E-state index in [9.17, 15) is 14.4 Å². The van der Waals surface area contributed by atoms with Crippen molar-refractivity contribution in [1.29, 1.82) is 0 Å². The van der Waals surface area contributed by atoms with Gasteiger partial charge in [-0.2, -0.15) is 0 Å². The van der Waals surface area contributed by atoms with Crippen molar-refractivity contribution in [2.24, 2.45) is 5.92 Å². The SMILES string of the molecule is CC(C)C(=O)Nc1ccc2ncn3c(=O)c(C(=O)O)cnc3c2c1. The molecule has 0 spiro atoms. The summed E-state index contributed by atoms with van der Waals surface area (Å²) in [7, 11) is 0. The quantitative estimate of drug-likeness (QED) is 0.706. The second-order valence-electron chi connectivity index (χ2n) is 5.60. The van der Waals surface area contributed by atoms with Crippen molar-refractivity contribution < 1.29 is 14.7 Å². The zero-order chi connectivity index (χ0) is 17.4. The molecule has 2 aromatic heterocycles. The summed E-state index contributed by atoms with van der Waals surface area (Å²) >= 11 is 0. The van der Waals surface area contributed by atoms with Crippen LogP contribution in [0.1, 0.15) is 24.2 Å². The number of amides is 1.